The number of aliphatic carboxylic acids is 1. The molecule has 1 aliphatic heterocycles. The van der Waals surface area contributed by atoms with Crippen molar-refractivity contribution in [2.75, 3.05) is 0 Å². The zero-order chi connectivity index (χ0) is 14.2. The molecule has 0 aromatic heterocycles. The maximum atomic E-state index is 10.8. The Balaban J connectivity index is 2.26. The van der Waals surface area contributed by atoms with E-state index >= 15 is 0 Å². The molecule has 2 rings (SSSR count). The van der Waals surface area contributed by atoms with Crippen LogP contribution in [0.1, 0.15) is 38.9 Å². The lowest BCUT2D eigenvalue weighted by molar-refractivity contribution is -0.144. The van der Waals surface area contributed by atoms with Gasteiger partial charge >= 0.3 is 5.97 Å². The van der Waals surface area contributed by atoms with Gasteiger partial charge in [-0.05, 0) is 32.9 Å². The van der Waals surface area contributed by atoms with Crippen molar-refractivity contribution in [2.45, 2.75) is 45.0 Å². The van der Waals surface area contributed by atoms with Crippen LogP contribution in [0.4, 0.5) is 0 Å². The lowest BCUT2D eigenvalue weighted by Gasteiger charge is -2.35. The molecule has 1 heterocycles. The van der Waals surface area contributed by atoms with Crippen LogP contribution < -0.4 is 9.47 Å². The van der Waals surface area contributed by atoms with Crippen molar-refractivity contribution >= 4 is 5.97 Å². The Bertz CT molecular complexity index is 495. The second-order valence-corrected chi connectivity index (χ2v) is 5.38. The van der Waals surface area contributed by atoms with Crippen LogP contribution in [0.25, 0.3) is 0 Å². The highest BCUT2D eigenvalue weighted by Crippen LogP contribution is 2.41. The van der Waals surface area contributed by atoms with Crippen molar-refractivity contribution in [3.8, 4) is 11.5 Å². The van der Waals surface area contributed by atoms with Crippen molar-refractivity contribution in [1.82, 2.24) is 0 Å². The number of hydrogen-bond donors (Lipinski definition) is 2. The van der Waals surface area contributed by atoms with Crippen molar-refractivity contribution in [3.63, 3.8) is 0 Å². The molecular formula is C14H18O5. The van der Waals surface area contributed by atoms with E-state index in [1.54, 1.807) is 18.2 Å². The van der Waals surface area contributed by atoms with Crippen LogP contribution in [0.5, 0.6) is 11.5 Å². The number of rotatable bonds is 3. The average Bonchev–Trinajstić information content (AvgIpc) is 2.26. The quantitative estimate of drug-likeness (QED) is 0.876. The molecule has 2 unspecified atom stereocenters. The maximum Gasteiger partial charge on any atom is 0.344 e. The highest BCUT2D eigenvalue weighted by Gasteiger charge is 2.33. The third-order valence-electron chi connectivity index (χ3n) is 3.08. The summed E-state index contributed by atoms with van der Waals surface area (Å²) in [5, 5.41) is 18.9. The summed E-state index contributed by atoms with van der Waals surface area (Å²) in [5.41, 5.74) is 0.248. The van der Waals surface area contributed by atoms with Crippen LogP contribution in [-0.2, 0) is 4.79 Å². The van der Waals surface area contributed by atoms with E-state index in [0.717, 1.165) is 0 Å². The van der Waals surface area contributed by atoms with Gasteiger partial charge in [0.15, 0.2) is 6.10 Å². The number of aliphatic hydroxyl groups excluding tert-OH is 1. The van der Waals surface area contributed by atoms with E-state index in [4.69, 9.17) is 14.6 Å². The molecule has 0 amide bonds. The van der Waals surface area contributed by atoms with Crippen LogP contribution in [0.15, 0.2) is 18.2 Å². The summed E-state index contributed by atoms with van der Waals surface area (Å²) >= 11 is 0. The zero-order valence-electron chi connectivity index (χ0n) is 11.2. The minimum Gasteiger partial charge on any atom is -0.487 e. The van der Waals surface area contributed by atoms with Gasteiger partial charge in [0.25, 0.3) is 0 Å². The summed E-state index contributed by atoms with van der Waals surface area (Å²) < 4.78 is 11.1. The number of aliphatic hydroxyl groups is 1. The molecular weight excluding hydrogens is 248 g/mol. The van der Waals surface area contributed by atoms with E-state index in [0.29, 0.717) is 23.5 Å². The minimum absolute atomic E-state index is 0.415. The highest BCUT2D eigenvalue weighted by atomic mass is 16.5. The van der Waals surface area contributed by atoms with E-state index in [1.807, 2.05) is 13.8 Å². The Hall–Kier alpha value is -1.75. The zero-order valence-corrected chi connectivity index (χ0v) is 11.2. The molecule has 19 heavy (non-hydrogen) atoms. The van der Waals surface area contributed by atoms with E-state index in [9.17, 15) is 9.90 Å². The number of benzene rings is 1. The van der Waals surface area contributed by atoms with Crippen LogP contribution in [0, 0.1) is 0 Å². The summed E-state index contributed by atoms with van der Waals surface area (Å²) in [6, 6.07) is 4.97. The predicted molar refractivity (Wildman–Crippen MR) is 68.5 cm³/mol. The number of carboxylic acids is 1. The molecule has 1 aromatic carbocycles. The van der Waals surface area contributed by atoms with Crippen LogP contribution >= 0.6 is 0 Å². The summed E-state index contributed by atoms with van der Waals surface area (Å²) in [6.45, 7) is 5.25. The molecule has 0 saturated carbocycles. The van der Waals surface area contributed by atoms with E-state index in [-0.39, 0.29) is 0 Å². The Labute approximate surface area is 111 Å². The fourth-order valence-corrected chi connectivity index (χ4v) is 2.12. The van der Waals surface area contributed by atoms with Gasteiger partial charge in [-0.15, -0.1) is 0 Å². The second kappa shape index (κ2) is 4.74. The first kappa shape index (κ1) is 13.7. The largest absolute Gasteiger partial charge is 0.487 e. The van der Waals surface area contributed by atoms with Crippen molar-refractivity contribution in [3.05, 3.63) is 23.8 Å². The van der Waals surface area contributed by atoms with Gasteiger partial charge in [-0.2, -0.15) is 0 Å². The second-order valence-electron chi connectivity index (χ2n) is 5.38. The maximum absolute atomic E-state index is 10.8. The third-order valence-corrected chi connectivity index (χ3v) is 3.08. The van der Waals surface area contributed by atoms with Gasteiger partial charge in [-0.1, -0.05) is 0 Å². The smallest absolute Gasteiger partial charge is 0.344 e. The molecule has 0 radical (unpaired) electrons. The fraction of sp³-hybridized carbons (Fsp3) is 0.500. The number of hydrogen-bond acceptors (Lipinski definition) is 4. The topological polar surface area (TPSA) is 76.0 Å². The molecule has 0 bridgehead atoms. The number of carboxylic acid groups (broad SMARTS) is 1. The highest BCUT2D eigenvalue weighted by molar-refractivity contribution is 5.72. The van der Waals surface area contributed by atoms with Gasteiger partial charge in [0.05, 0.1) is 6.10 Å². The predicted octanol–water partition coefficient (Wildman–Crippen LogP) is 2.13. The molecule has 5 heteroatoms. The molecule has 0 spiro atoms. The summed E-state index contributed by atoms with van der Waals surface area (Å²) in [7, 11) is 0. The number of ether oxygens (including phenoxy) is 2. The lowest BCUT2D eigenvalue weighted by Crippen LogP contribution is -2.34. The molecule has 1 aliphatic rings. The summed E-state index contributed by atoms with van der Waals surface area (Å²) in [4.78, 5) is 10.8. The van der Waals surface area contributed by atoms with Gasteiger partial charge in [0.2, 0.25) is 0 Å². The third kappa shape index (κ3) is 2.98. The van der Waals surface area contributed by atoms with E-state index < -0.39 is 23.8 Å². The molecule has 0 saturated heterocycles. The van der Waals surface area contributed by atoms with E-state index in [2.05, 4.69) is 0 Å². The first-order chi connectivity index (χ1) is 8.78. The Morgan fingerprint density at radius 2 is 2.21 bits per heavy atom. The number of fused-ring (bicyclic) bond motifs is 1. The Morgan fingerprint density at radius 1 is 1.53 bits per heavy atom. The summed E-state index contributed by atoms with van der Waals surface area (Å²) in [5.74, 6) is -0.0728. The first-order valence-corrected chi connectivity index (χ1v) is 6.19. The van der Waals surface area contributed by atoms with Gasteiger partial charge in [0.1, 0.15) is 17.1 Å². The Kier molecular flexibility index (Phi) is 3.41. The van der Waals surface area contributed by atoms with Crippen LogP contribution in [0.3, 0.4) is 0 Å². The van der Waals surface area contributed by atoms with Crippen molar-refractivity contribution < 1.29 is 24.5 Å². The molecule has 1 aromatic rings. The van der Waals surface area contributed by atoms with Crippen molar-refractivity contribution in [1.29, 1.82) is 0 Å². The normalized spacial score (nSPS) is 22.0. The molecule has 104 valence electrons. The Morgan fingerprint density at radius 3 is 2.84 bits per heavy atom. The SMILES string of the molecule is CC(Oc1ccc2c(c1)OC(C)(C)CC2O)C(=O)O. The van der Waals surface area contributed by atoms with Gasteiger partial charge in [0, 0.05) is 18.1 Å². The molecule has 2 N–H and O–H groups in total. The average molecular weight is 266 g/mol. The summed E-state index contributed by atoms with van der Waals surface area (Å²) in [6.07, 6.45) is -0.990. The van der Waals surface area contributed by atoms with Crippen LogP contribution in [-0.4, -0.2) is 27.9 Å². The first-order valence-electron chi connectivity index (χ1n) is 6.19. The molecule has 0 fully saturated rings. The standard InChI is InChI=1S/C14H18O5/c1-8(13(16)17)18-9-4-5-10-11(15)7-14(2,3)19-12(10)6-9/h4-6,8,11,15H,7H2,1-3H3,(H,16,17). The van der Waals surface area contributed by atoms with Gasteiger partial charge in [-0.25, -0.2) is 4.79 Å². The number of carbonyl (C=O) groups is 1. The molecule has 5 nitrogen and oxygen atoms in total. The van der Waals surface area contributed by atoms with E-state index in [1.165, 1.54) is 6.92 Å². The minimum atomic E-state index is -1.03. The molecule has 0 aliphatic carbocycles. The lowest BCUT2D eigenvalue weighted by atomic mass is 9.92. The molecule has 2 atom stereocenters. The monoisotopic (exact) mass is 266 g/mol. The fourth-order valence-electron chi connectivity index (χ4n) is 2.12. The van der Waals surface area contributed by atoms with Crippen molar-refractivity contribution in [2.24, 2.45) is 0 Å². The van der Waals surface area contributed by atoms with Gasteiger partial charge < -0.3 is 19.7 Å². The van der Waals surface area contributed by atoms with Gasteiger partial charge in [-0.3, -0.25) is 0 Å². The van der Waals surface area contributed by atoms with Crippen LogP contribution in [0.2, 0.25) is 0 Å².